The Morgan fingerprint density at radius 1 is 1.03 bits per heavy atom. The van der Waals surface area contributed by atoms with Gasteiger partial charge in [0, 0.05) is 37.5 Å². The highest BCUT2D eigenvalue weighted by molar-refractivity contribution is 6.05. The van der Waals surface area contributed by atoms with E-state index < -0.39 is 24.0 Å². The Hall–Kier alpha value is -3.68. The number of nitrogens with zero attached hydrogens (tertiary/aromatic N) is 2. The topological polar surface area (TPSA) is 96.0 Å². The van der Waals surface area contributed by atoms with Crippen molar-refractivity contribution in [2.24, 2.45) is 0 Å². The van der Waals surface area contributed by atoms with Gasteiger partial charge in [0.05, 0.1) is 0 Å². The lowest BCUT2D eigenvalue weighted by Crippen LogP contribution is -2.54. The van der Waals surface area contributed by atoms with Crippen LogP contribution in [-0.2, 0) is 30.3 Å². The summed E-state index contributed by atoms with van der Waals surface area (Å²) in [5, 5.41) is 2.88. The minimum atomic E-state index is -0.930. The summed E-state index contributed by atoms with van der Waals surface area (Å²) in [6, 6.07) is 16.2. The maximum absolute atomic E-state index is 14.1. The maximum atomic E-state index is 14.1. The fourth-order valence-electron chi connectivity index (χ4n) is 4.86. The number of fused-ring (bicyclic) bond motifs is 1. The van der Waals surface area contributed by atoms with Gasteiger partial charge in [-0.1, -0.05) is 48.5 Å². The van der Waals surface area contributed by atoms with Gasteiger partial charge in [0.2, 0.25) is 5.91 Å². The number of hydrogen-bond donors (Lipinski definition) is 1. The van der Waals surface area contributed by atoms with Crippen molar-refractivity contribution in [3.8, 4) is 0 Å². The van der Waals surface area contributed by atoms with Gasteiger partial charge in [-0.25, -0.2) is 0 Å². The summed E-state index contributed by atoms with van der Waals surface area (Å²) < 4.78 is 5.15. The van der Waals surface area contributed by atoms with Crippen LogP contribution in [0.4, 0.5) is 5.69 Å². The molecule has 2 aromatic carbocycles. The number of carbonyl (C=O) groups excluding carboxylic acids is 4. The van der Waals surface area contributed by atoms with Gasteiger partial charge in [-0.05, 0) is 37.5 Å². The number of benzene rings is 2. The standard InChI is InChI=1S/C27H31N3O5/c1-3-29(4-2)23(31)17-30-21-13-9-8-12-19(21)16-20(18-10-6-5-7-11-18)25(27(30)34)28-26(33)22-14-15-24(32)35-22/h5-13,20,22,25H,3-4,14-17H2,1-2H3,(H,28,33)/t20-,22-,25+/m0/s1. The Kier molecular flexibility index (Phi) is 7.48. The number of esters is 1. The van der Waals surface area contributed by atoms with Crippen LogP contribution < -0.4 is 10.2 Å². The molecular formula is C27H31N3O5. The molecule has 2 aromatic rings. The van der Waals surface area contributed by atoms with E-state index in [0.29, 0.717) is 25.2 Å². The van der Waals surface area contributed by atoms with E-state index >= 15 is 0 Å². The molecule has 184 valence electrons. The predicted molar refractivity (Wildman–Crippen MR) is 131 cm³/mol. The zero-order chi connectivity index (χ0) is 24.9. The highest BCUT2D eigenvalue weighted by Gasteiger charge is 2.41. The third-order valence-corrected chi connectivity index (χ3v) is 6.77. The first-order valence-electron chi connectivity index (χ1n) is 12.1. The second-order valence-corrected chi connectivity index (χ2v) is 8.84. The maximum Gasteiger partial charge on any atom is 0.306 e. The van der Waals surface area contributed by atoms with Gasteiger partial charge in [-0.15, -0.1) is 0 Å². The Labute approximate surface area is 205 Å². The zero-order valence-electron chi connectivity index (χ0n) is 20.1. The largest absolute Gasteiger partial charge is 0.452 e. The number of likely N-dealkylation sites (N-methyl/N-ethyl adjacent to an activating group) is 1. The third-order valence-electron chi connectivity index (χ3n) is 6.77. The monoisotopic (exact) mass is 477 g/mol. The molecule has 0 radical (unpaired) electrons. The van der Waals surface area contributed by atoms with E-state index in [1.54, 1.807) is 4.90 Å². The Morgan fingerprint density at radius 2 is 1.71 bits per heavy atom. The summed E-state index contributed by atoms with van der Waals surface area (Å²) in [5.41, 5.74) is 2.50. The summed E-state index contributed by atoms with van der Waals surface area (Å²) in [4.78, 5) is 54.9. The number of carbonyl (C=O) groups is 4. The quantitative estimate of drug-likeness (QED) is 0.618. The Bertz CT molecular complexity index is 1100. The lowest BCUT2D eigenvalue weighted by Gasteiger charge is -2.31. The first kappa shape index (κ1) is 24.4. The molecule has 2 aliphatic heterocycles. The van der Waals surface area contributed by atoms with Crippen LogP contribution in [0, 0.1) is 0 Å². The van der Waals surface area contributed by atoms with Crippen molar-refractivity contribution in [2.75, 3.05) is 24.5 Å². The molecule has 0 unspecified atom stereocenters. The molecule has 2 aliphatic rings. The third kappa shape index (κ3) is 5.21. The number of hydrogen-bond acceptors (Lipinski definition) is 5. The van der Waals surface area contributed by atoms with E-state index in [4.69, 9.17) is 4.74 Å². The van der Waals surface area contributed by atoms with Gasteiger partial charge in [-0.2, -0.15) is 0 Å². The molecular weight excluding hydrogens is 446 g/mol. The molecule has 4 rings (SSSR count). The van der Waals surface area contributed by atoms with Gasteiger partial charge >= 0.3 is 5.97 Å². The molecule has 1 fully saturated rings. The van der Waals surface area contributed by atoms with Crippen LogP contribution in [0.15, 0.2) is 54.6 Å². The molecule has 0 aliphatic carbocycles. The average molecular weight is 478 g/mol. The number of cyclic esters (lactones) is 1. The Morgan fingerprint density at radius 3 is 2.37 bits per heavy atom. The molecule has 1 saturated heterocycles. The summed E-state index contributed by atoms with van der Waals surface area (Å²) in [6.45, 7) is 4.76. The molecule has 35 heavy (non-hydrogen) atoms. The Balaban J connectivity index is 1.73. The lowest BCUT2D eigenvalue weighted by atomic mass is 9.86. The van der Waals surface area contributed by atoms with Crippen LogP contribution in [0.2, 0.25) is 0 Å². The summed E-state index contributed by atoms with van der Waals surface area (Å²) in [6.07, 6.45) is 0.0426. The van der Waals surface area contributed by atoms with Crippen molar-refractivity contribution in [1.29, 1.82) is 0 Å². The smallest absolute Gasteiger partial charge is 0.306 e. The normalized spacial score (nSPS) is 21.7. The molecule has 2 heterocycles. The van der Waals surface area contributed by atoms with Gasteiger partial charge in [-0.3, -0.25) is 19.2 Å². The number of amides is 3. The minimum absolute atomic E-state index is 0.121. The average Bonchev–Trinajstić information content (AvgIpc) is 3.28. The summed E-state index contributed by atoms with van der Waals surface area (Å²) in [7, 11) is 0. The van der Waals surface area contributed by atoms with Crippen LogP contribution in [0.25, 0.3) is 0 Å². The molecule has 3 amide bonds. The molecule has 8 nitrogen and oxygen atoms in total. The van der Waals surface area contributed by atoms with Gasteiger partial charge < -0.3 is 19.9 Å². The first-order chi connectivity index (χ1) is 16.9. The van der Waals surface area contributed by atoms with Gasteiger partial charge in [0.1, 0.15) is 12.6 Å². The van der Waals surface area contributed by atoms with E-state index in [2.05, 4.69) is 5.32 Å². The number of anilines is 1. The van der Waals surface area contributed by atoms with Crippen LogP contribution in [0.1, 0.15) is 43.7 Å². The van der Waals surface area contributed by atoms with Crippen molar-refractivity contribution >= 4 is 29.4 Å². The number of para-hydroxylation sites is 1. The van der Waals surface area contributed by atoms with Crippen molar-refractivity contribution in [3.63, 3.8) is 0 Å². The van der Waals surface area contributed by atoms with E-state index in [9.17, 15) is 19.2 Å². The van der Waals surface area contributed by atoms with Gasteiger partial charge in [0.25, 0.3) is 11.8 Å². The van der Waals surface area contributed by atoms with E-state index in [-0.39, 0.29) is 37.1 Å². The highest BCUT2D eigenvalue weighted by Crippen LogP contribution is 2.35. The van der Waals surface area contributed by atoms with E-state index in [1.807, 2.05) is 68.4 Å². The second kappa shape index (κ2) is 10.7. The van der Waals surface area contributed by atoms with Crippen molar-refractivity contribution < 1.29 is 23.9 Å². The van der Waals surface area contributed by atoms with Crippen molar-refractivity contribution in [3.05, 3.63) is 65.7 Å². The number of rotatable bonds is 7. The van der Waals surface area contributed by atoms with Crippen molar-refractivity contribution in [2.45, 2.75) is 51.2 Å². The fourth-order valence-corrected chi connectivity index (χ4v) is 4.86. The van der Waals surface area contributed by atoms with Crippen LogP contribution in [0.5, 0.6) is 0 Å². The summed E-state index contributed by atoms with van der Waals surface area (Å²) in [5.74, 6) is -1.79. The first-order valence-corrected chi connectivity index (χ1v) is 12.1. The van der Waals surface area contributed by atoms with Crippen LogP contribution in [-0.4, -0.2) is 60.4 Å². The molecule has 0 spiro atoms. The highest BCUT2D eigenvalue weighted by atomic mass is 16.6. The number of nitrogens with one attached hydrogen (secondary N) is 1. The second-order valence-electron chi connectivity index (χ2n) is 8.84. The molecule has 8 heteroatoms. The SMILES string of the molecule is CCN(CC)C(=O)CN1C(=O)[C@H](NC(=O)[C@@H]2CCC(=O)O2)[C@H](c2ccccc2)Cc2ccccc21. The summed E-state index contributed by atoms with van der Waals surface area (Å²) >= 11 is 0. The van der Waals surface area contributed by atoms with E-state index in [1.165, 1.54) is 4.90 Å². The van der Waals surface area contributed by atoms with Crippen molar-refractivity contribution in [1.82, 2.24) is 10.2 Å². The predicted octanol–water partition coefficient (Wildman–Crippen LogP) is 2.42. The fraction of sp³-hybridized carbons (Fsp3) is 0.407. The molecule has 0 bridgehead atoms. The lowest BCUT2D eigenvalue weighted by molar-refractivity contribution is -0.148. The molecule has 0 aromatic heterocycles. The van der Waals surface area contributed by atoms with Crippen LogP contribution >= 0.6 is 0 Å². The molecule has 3 atom stereocenters. The van der Waals surface area contributed by atoms with Crippen LogP contribution in [0.3, 0.4) is 0 Å². The van der Waals surface area contributed by atoms with E-state index in [0.717, 1.165) is 11.1 Å². The molecule has 0 saturated carbocycles. The molecule has 1 N–H and O–H groups in total. The minimum Gasteiger partial charge on any atom is -0.452 e. The zero-order valence-corrected chi connectivity index (χ0v) is 20.1. The van der Waals surface area contributed by atoms with Gasteiger partial charge in [0.15, 0.2) is 6.10 Å². The number of ether oxygens (including phenoxy) is 1.